The minimum atomic E-state index is -3.87. The molecule has 2 aromatic carbocycles. The first-order valence-electron chi connectivity index (χ1n) is 7.53. The van der Waals surface area contributed by atoms with Crippen LogP contribution in [-0.4, -0.2) is 33.7 Å². The molecule has 0 aliphatic heterocycles. The number of rotatable bonds is 6. The SMILES string of the molecule is COc1ccc(Cl)cc1N([C@@H](C)C(=O)Nc1ccccc1F)S(C)(=O)=O. The topological polar surface area (TPSA) is 75.7 Å². The van der Waals surface area contributed by atoms with E-state index in [-0.39, 0.29) is 22.1 Å². The molecular formula is C17H18ClFN2O4S. The predicted octanol–water partition coefficient (Wildman–Crippen LogP) is 3.28. The molecule has 2 rings (SSSR count). The smallest absolute Gasteiger partial charge is 0.248 e. The molecule has 0 unspecified atom stereocenters. The number of methoxy groups -OCH3 is 1. The lowest BCUT2D eigenvalue weighted by Crippen LogP contribution is -2.45. The van der Waals surface area contributed by atoms with Crippen LogP contribution < -0.4 is 14.4 Å². The summed E-state index contributed by atoms with van der Waals surface area (Å²) in [6.07, 6.45) is 0.959. The van der Waals surface area contributed by atoms with E-state index in [1.165, 1.54) is 50.4 Å². The Hall–Kier alpha value is -2.32. The van der Waals surface area contributed by atoms with E-state index in [9.17, 15) is 17.6 Å². The number of hydrogen-bond donors (Lipinski definition) is 1. The second-order valence-corrected chi connectivity index (χ2v) is 7.82. The summed E-state index contributed by atoms with van der Waals surface area (Å²) in [5, 5.41) is 2.66. The van der Waals surface area contributed by atoms with Crippen LogP contribution in [0.15, 0.2) is 42.5 Å². The normalized spacial score (nSPS) is 12.3. The molecule has 0 heterocycles. The van der Waals surface area contributed by atoms with Crippen LogP contribution in [-0.2, 0) is 14.8 Å². The Labute approximate surface area is 156 Å². The molecule has 0 aromatic heterocycles. The van der Waals surface area contributed by atoms with Crippen LogP contribution in [0.5, 0.6) is 5.75 Å². The van der Waals surface area contributed by atoms with Gasteiger partial charge in [0, 0.05) is 5.02 Å². The van der Waals surface area contributed by atoms with Gasteiger partial charge in [0.2, 0.25) is 15.9 Å². The number of carbonyl (C=O) groups excluding carboxylic acids is 1. The van der Waals surface area contributed by atoms with Crippen molar-refractivity contribution in [3.8, 4) is 5.75 Å². The monoisotopic (exact) mass is 400 g/mol. The number of halogens is 2. The molecule has 1 atom stereocenters. The summed E-state index contributed by atoms with van der Waals surface area (Å²) in [5.41, 5.74) is 0.0644. The number of nitrogens with zero attached hydrogens (tertiary/aromatic N) is 1. The summed E-state index contributed by atoms with van der Waals surface area (Å²) >= 11 is 5.98. The summed E-state index contributed by atoms with van der Waals surface area (Å²) in [6, 6.07) is 8.84. The maximum atomic E-state index is 13.8. The van der Waals surface area contributed by atoms with Crippen LogP contribution in [0.1, 0.15) is 6.92 Å². The fourth-order valence-electron chi connectivity index (χ4n) is 2.42. The van der Waals surface area contributed by atoms with Crippen molar-refractivity contribution in [3.05, 3.63) is 53.3 Å². The fraction of sp³-hybridized carbons (Fsp3) is 0.235. The van der Waals surface area contributed by atoms with E-state index in [0.29, 0.717) is 0 Å². The third-order valence-corrected chi connectivity index (χ3v) is 5.06. The van der Waals surface area contributed by atoms with Crippen LogP contribution in [0.3, 0.4) is 0 Å². The largest absolute Gasteiger partial charge is 0.495 e. The molecule has 0 bridgehead atoms. The Morgan fingerprint density at radius 2 is 1.92 bits per heavy atom. The van der Waals surface area contributed by atoms with Crippen molar-refractivity contribution < 1.29 is 22.3 Å². The van der Waals surface area contributed by atoms with E-state index in [4.69, 9.17) is 16.3 Å². The molecule has 6 nitrogen and oxygen atoms in total. The molecule has 140 valence electrons. The molecule has 0 radical (unpaired) electrons. The number of anilines is 2. The Balaban J connectivity index is 2.43. The van der Waals surface area contributed by atoms with Crippen molar-refractivity contribution in [1.29, 1.82) is 0 Å². The van der Waals surface area contributed by atoms with Crippen LogP contribution in [0.4, 0.5) is 15.8 Å². The third-order valence-electron chi connectivity index (χ3n) is 3.60. The van der Waals surface area contributed by atoms with Gasteiger partial charge in [-0.3, -0.25) is 9.10 Å². The van der Waals surface area contributed by atoms with Crippen molar-refractivity contribution in [1.82, 2.24) is 0 Å². The minimum absolute atomic E-state index is 0.0455. The van der Waals surface area contributed by atoms with Crippen LogP contribution in [0, 0.1) is 5.82 Å². The van der Waals surface area contributed by atoms with Crippen molar-refractivity contribution in [3.63, 3.8) is 0 Å². The molecule has 0 spiro atoms. The molecule has 0 saturated heterocycles. The Morgan fingerprint density at radius 1 is 1.27 bits per heavy atom. The van der Waals surface area contributed by atoms with Gasteiger partial charge in [-0.05, 0) is 37.3 Å². The maximum absolute atomic E-state index is 13.8. The molecule has 0 saturated carbocycles. The lowest BCUT2D eigenvalue weighted by molar-refractivity contribution is -0.116. The average Bonchev–Trinajstić information content (AvgIpc) is 2.56. The van der Waals surface area contributed by atoms with Gasteiger partial charge in [-0.1, -0.05) is 23.7 Å². The number of para-hydroxylation sites is 1. The Bertz CT molecular complexity index is 921. The van der Waals surface area contributed by atoms with E-state index in [1.807, 2.05) is 0 Å². The zero-order valence-corrected chi connectivity index (χ0v) is 15.9. The summed E-state index contributed by atoms with van der Waals surface area (Å²) in [6.45, 7) is 1.39. The molecule has 9 heteroatoms. The van der Waals surface area contributed by atoms with Gasteiger partial charge in [0.15, 0.2) is 0 Å². The van der Waals surface area contributed by atoms with Gasteiger partial charge in [-0.15, -0.1) is 0 Å². The minimum Gasteiger partial charge on any atom is -0.495 e. The number of amides is 1. The van der Waals surface area contributed by atoms with Crippen molar-refractivity contribution in [2.45, 2.75) is 13.0 Å². The van der Waals surface area contributed by atoms with Crippen LogP contribution in [0.2, 0.25) is 5.02 Å². The highest BCUT2D eigenvalue weighted by Crippen LogP contribution is 2.34. The molecule has 26 heavy (non-hydrogen) atoms. The van der Waals surface area contributed by atoms with E-state index in [0.717, 1.165) is 10.6 Å². The van der Waals surface area contributed by atoms with Gasteiger partial charge in [0.25, 0.3) is 0 Å². The summed E-state index contributed by atoms with van der Waals surface area (Å²) in [5.74, 6) is -1.10. The zero-order chi connectivity index (χ0) is 19.5. The molecule has 1 amide bonds. The molecule has 0 aliphatic rings. The highest BCUT2D eigenvalue weighted by Gasteiger charge is 2.31. The molecule has 0 fully saturated rings. The highest BCUT2D eigenvalue weighted by molar-refractivity contribution is 7.92. The Morgan fingerprint density at radius 3 is 2.50 bits per heavy atom. The average molecular weight is 401 g/mol. The number of ether oxygens (including phenoxy) is 1. The summed E-state index contributed by atoms with van der Waals surface area (Å²) in [7, 11) is -2.50. The number of hydrogen-bond acceptors (Lipinski definition) is 4. The van der Waals surface area contributed by atoms with Crippen molar-refractivity contribution in [2.24, 2.45) is 0 Å². The number of carbonyl (C=O) groups is 1. The first kappa shape index (κ1) is 20.0. The van der Waals surface area contributed by atoms with Crippen LogP contribution in [0.25, 0.3) is 0 Å². The number of nitrogens with one attached hydrogen (secondary N) is 1. The van der Waals surface area contributed by atoms with Gasteiger partial charge in [0.05, 0.1) is 24.7 Å². The van der Waals surface area contributed by atoms with Gasteiger partial charge in [-0.25, -0.2) is 12.8 Å². The van der Waals surface area contributed by atoms with E-state index >= 15 is 0 Å². The highest BCUT2D eigenvalue weighted by atomic mass is 35.5. The maximum Gasteiger partial charge on any atom is 0.248 e. The van der Waals surface area contributed by atoms with E-state index in [2.05, 4.69) is 5.32 Å². The van der Waals surface area contributed by atoms with Gasteiger partial charge >= 0.3 is 0 Å². The molecule has 1 N–H and O–H groups in total. The number of benzene rings is 2. The summed E-state index contributed by atoms with van der Waals surface area (Å²) in [4.78, 5) is 12.6. The van der Waals surface area contributed by atoms with Gasteiger partial charge < -0.3 is 10.1 Å². The first-order valence-corrected chi connectivity index (χ1v) is 9.76. The standard InChI is InChI=1S/C17H18ClFN2O4S/c1-11(17(22)20-14-7-5-4-6-13(14)19)21(26(3,23)24)15-10-12(18)8-9-16(15)25-2/h4-11H,1-3H3,(H,20,22)/t11-/m0/s1. The lowest BCUT2D eigenvalue weighted by atomic mass is 10.2. The Kier molecular flexibility index (Phi) is 6.09. The predicted molar refractivity (Wildman–Crippen MR) is 99.8 cm³/mol. The van der Waals surface area contributed by atoms with Crippen molar-refractivity contribution >= 4 is 38.9 Å². The third kappa shape index (κ3) is 4.44. The van der Waals surface area contributed by atoms with Crippen LogP contribution >= 0.6 is 11.6 Å². The quantitative estimate of drug-likeness (QED) is 0.807. The van der Waals surface area contributed by atoms with Gasteiger partial charge in [0.1, 0.15) is 17.6 Å². The molecule has 2 aromatic rings. The second kappa shape index (κ2) is 7.92. The second-order valence-electron chi connectivity index (χ2n) is 5.52. The molecular weight excluding hydrogens is 383 g/mol. The lowest BCUT2D eigenvalue weighted by Gasteiger charge is -2.29. The van der Waals surface area contributed by atoms with E-state index in [1.54, 1.807) is 6.07 Å². The molecule has 0 aliphatic carbocycles. The van der Waals surface area contributed by atoms with Gasteiger partial charge in [-0.2, -0.15) is 0 Å². The first-order chi connectivity index (χ1) is 12.1. The van der Waals surface area contributed by atoms with Crippen molar-refractivity contribution in [2.75, 3.05) is 23.0 Å². The fourth-order valence-corrected chi connectivity index (χ4v) is 3.75. The zero-order valence-electron chi connectivity index (χ0n) is 14.4. The van der Waals surface area contributed by atoms with E-state index < -0.39 is 27.8 Å². The number of sulfonamides is 1. The summed E-state index contributed by atoms with van der Waals surface area (Å²) < 4.78 is 44.5.